The number of benzene rings is 1. The van der Waals surface area contributed by atoms with Crippen LogP contribution in [0.1, 0.15) is 6.92 Å². The Kier molecular flexibility index (Phi) is 4.99. The fourth-order valence-corrected chi connectivity index (χ4v) is 2.71. The Bertz CT molecular complexity index is 731. The average molecular weight is 349 g/mol. The number of ether oxygens (including phenoxy) is 2. The van der Waals surface area contributed by atoms with Crippen LogP contribution in [0.25, 0.3) is 11.5 Å². The lowest BCUT2D eigenvalue weighted by molar-refractivity contribution is -0.125. The van der Waals surface area contributed by atoms with Crippen molar-refractivity contribution in [2.75, 3.05) is 25.5 Å². The third-order valence-electron chi connectivity index (χ3n) is 3.20. The third kappa shape index (κ3) is 3.67. The summed E-state index contributed by atoms with van der Waals surface area (Å²) >= 11 is 1.08. The van der Waals surface area contributed by atoms with Gasteiger partial charge in [0.2, 0.25) is 11.8 Å². The van der Waals surface area contributed by atoms with Crippen molar-refractivity contribution in [3.63, 3.8) is 0 Å². The molecule has 0 atom stereocenters. The lowest BCUT2D eigenvalue weighted by Gasteiger charge is -2.08. The first-order chi connectivity index (χ1) is 11.7. The minimum atomic E-state index is -0.610. The lowest BCUT2D eigenvalue weighted by Crippen LogP contribution is -2.32. The molecule has 2 amide bonds. The Hall–Kier alpha value is -2.55. The first-order valence-electron chi connectivity index (χ1n) is 7.34. The van der Waals surface area contributed by atoms with Crippen molar-refractivity contribution >= 4 is 23.8 Å². The van der Waals surface area contributed by atoms with E-state index in [4.69, 9.17) is 13.9 Å². The molecule has 0 bridgehead atoms. The van der Waals surface area contributed by atoms with Crippen LogP contribution in [0.4, 0.5) is 4.79 Å². The van der Waals surface area contributed by atoms with Crippen LogP contribution < -0.4 is 4.74 Å². The van der Waals surface area contributed by atoms with Crippen LogP contribution in [0.5, 0.6) is 5.75 Å². The molecule has 9 heteroatoms. The molecule has 1 aliphatic rings. The Labute approximate surface area is 142 Å². The number of imide groups is 1. The molecule has 8 nitrogen and oxygen atoms in total. The van der Waals surface area contributed by atoms with E-state index in [1.54, 1.807) is 0 Å². The van der Waals surface area contributed by atoms with Crippen molar-refractivity contribution in [3.8, 4) is 17.2 Å². The largest absolute Gasteiger partial charge is 0.494 e. The highest BCUT2D eigenvalue weighted by Crippen LogP contribution is 2.25. The molecule has 2 aromatic rings. The van der Waals surface area contributed by atoms with Crippen LogP contribution in [0, 0.1) is 0 Å². The summed E-state index contributed by atoms with van der Waals surface area (Å²) in [5.41, 5.74) is 0.757. The maximum absolute atomic E-state index is 11.9. The maximum Gasteiger partial charge on any atom is 0.416 e. The van der Waals surface area contributed by atoms with E-state index in [0.717, 1.165) is 28.0 Å². The number of aromatic nitrogens is 2. The number of amides is 2. The zero-order chi connectivity index (χ0) is 16.9. The lowest BCUT2D eigenvalue weighted by atomic mass is 10.2. The molecule has 1 saturated heterocycles. The first kappa shape index (κ1) is 16.3. The Morgan fingerprint density at radius 3 is 2.79 bits per heavy atom. The van der Waals surface area contributed by atoms with Gasteiger partial charge in [0.05, 0.1) is 18.9 Å². The highest BCUT2D eigenvalue weighted by Gasteiger charge is 2.28. The maximum atomic E-state index is 11.9. The molecule has 1 aromatic carbocycles. The van der Waals surface area contributed by atoms with Gasteiger partial charge in [-0.2, -0.15) is 0 Å². The molecule has 126 valence electrons. The molecule has 24 heavy (non-hydrogen) atoms. The van der Waals surface area contributed by atoms with Gasteiger partial charge in [-0.15, -0.1) is 10.2 Å². The predicted octanol–water partition coefficient (Wildman–Crippen LogP) is 2.21. The van der Waals surface area contributed by atoms with Gasteiger partial charge >= 0.3 is 6.09 Å². The smallest absolute Gasteiger partial charge is 0.416 e. The summed E-state index contributed by atoms with van der Waals surface area (Å²) in [4.78, 5) is 24.3. The van der Waals surface area contributed by atoms with Gasteiger partial charge < -0.3 is 13.9 Å². The van der Waals surface area contributed by atoms with Crippen LogP contribution in [0.2, 0.25) is 0 Å². The summed E-state index contributed by atoms with van der Waals surface area (Å²) in [6, 6.07) is 7.27. The number of thioether (sulfide) groups is 1. The van der Waals surface area contributed by atoms with E-state index in [2.05, 4.69) is 10.2 Å². The Morgan fingerprint density at radius 2 is 2.12 bits per heavy atom. The monoisotopic (exact) mass is 349 g/mol. The zero-order valence-electron chi connectivity index (χ0n) is 12.9. The van der Waals surface area contributed by atoms with E-state index in [-0.39, 0.29) is 30.0 Å². The second-order valence-corrected chi connectivity index (χ2v) is 5.71. The van der Waals surface area contributed by atoms with E-state index in [0.29, 0.717) is 12.5 Å². The van der Waals surface area contributed by atoms with Gasteiger partial charge in [-0.05, 0) is 31.2 Å². The van der Waals surface area contributed by atoms with Crippen LogP contribution in [0.3, 0.4) is 0 Å². The summed E-state index contributed by atoms with van der Waals surface area (Å²) in [7, 11) is 0. The zero-order valence-corrected chi connectivity index (χ0v) is 13.7. The molecule has 3 rings (SSSR count). The second-order valence-electron chi connectivity index (χ2n) is 4.78. The molecule has 0 N–H and O–H groups in total. The van der Waals surface area contributed by atoms with Gasteiger partial charge in [0.15, 0.2) is 0 Å². The summed E-state index contributed by atoms with van der Waals surface area (Å²) < 4.78 is 15.6. The molecule has 0 saturated carbocycles. The van der Waals surface area contributed by atoms with Crippen molar-refractivity contribution in [2.45, 2.75) is 12.1 Å². The van der Waals surface area contributed by atoms with Gasteiger partial charge in [-0.3, -0.25) is 4.79 Å². The molecule has 1 fully saturated rings. The van der Waals surface area contributed by atoms with Gasteiger partial charge in [-0.1, -0.05) is 11.8 Å². The molecule has 0 aliphatic carbocycles. The van der Waals surface area contributed by atoms with Crippen LogP contribution in [-0.4, -0.2) is 52.6 Å². The molecule has 0 spiro atoms. The topological polar surface area (TPSA) is 94.8 Å². The fraction of sp³-hybridized carbons (Fsp3) is 0.333. The van der Waals surface area contributed by atoms with Gasteiger partial charge in [0.1, 0.15) is 12.4 Å². The minimum absolute atomic E-state index is 0.0278. The highest BCUT2D eigenvalue weighted by atomic mass is 32.2. The molecular weight excluding hydrogens is 334 g/mol. The number of cyclic esters (lactones) is 1. The first-order valence-corrected chi connectivity index (χ1v) is 8.32. The van der Waals surface area contributed by atoms with Crippen molar-refractivity contribution in [1.29, 1.82) is 0 Å². The Morgan fingerprint density at radius 1 is 1.33 bits per heavy atom. The number of carbonyl (C=O) groups is 2. The van der Waals surface area contributed by atoms with Gasteiger partial charge in [-0.25, -0.2) is 9.69 Å². The summed E-state index contributed by atoms with van der Waals surface area (Å²) in [6.07, 6.45) is -0.610. The molecule has 2 heterocycles. The molecule has 0 unspecified atom stereocenters. The number of rotatable bonds is 6. The molecular formula is C15H15N3O5S. The van der Waals surface area contributed by atoms with E-state index < -0.39 is 6.09 Å². The SMILES string of the molecule is CCOc1ccc(-c2nnc(SCC(=O)N3CCOC3=O)o2)cc1. The third-order valence-corrected chi connectivity index (χ3v) is 4.00. The highest BCUT2D eigenvalue weighted by molar-refractivity contribution is 7.99. The van der Waals surface area contributed by atoms with Gasteiger partial charge in [0, 0.05) is 5.56 Å². The van der Waals surface area contributed by atoms with Crippen molar-refractivity contribution in [3.05, 3.63) is 24.3 Å². The van der Waals surface area contributed by atoms with E-state index in [9.17, 15) is 9.59 Å². The van der Waals surface area contributed by atoms with E-state index in [1.807, 2.05) is 31.2 Å². The van der Waals surface area contributed by atoms with Crippen LogP contribution in [-0.2, 0) is 9.53 Å². The van der Waals surface area contributed by atoms with Crippen LogP contribution in [0.15, 0.2) is 33.9 Å². The standard InChI is InChI=1S/C15H15N3O5S/c1-2-21-11-5-3-10(4-6-11)13-16-17-14(23-13)24-9-12(19)18-7-8-22-15(18)20/h3-6H,2,7-9H2,1H3. The van der Waals surface area contributed by atoms with E-state index in [1.165, 1.54) is 0 Å². The van der Waals surface area contributed by atoms with Gasteiger partial charge in [0.25, 0.3) is 5.22 Å². The second kappa shape index (κ2) is 7.35. The quantitative estimate of drug-likeness (QED) is 0.733. The molecule has 1 aromatic heterocycles. The Balaban J connectivity index is 1.59. The number of carbonyl (C=O) groups excluding carboxylic acids is 2. The predicted molar refractivity (Wildman–Crippen MR) is 84.7 cm³/mol. The fourth-order valence-electron chi connectivity index (χ4n) is 2.07. The summed E-state index contributed by atoms with van der Waals surface area (Å²) in [5.74, 6) is 0.801. The van der Waals surface area contributed by atoms with Crippen molar-refractivity contribution in [2.24, 2.45) is 0 Å². The molecule has 0 radical (unpaired) electrons. The number of hydrogen-bond donors (Lipinski definition) is 0. The van der Waals surface area contributed by atoms with Crippen molar-refractivity contribution in [1.82, 2.24) is 15.1 Å². The summed E-state index contributed by atoms with van der Waals surface area (Å²) in [5, 5.41) is 8.12. The van der Waals surface area contributed by atoms with Crippen LogP contribution >= 0.6 is 11.8 Å². The number of hydrogen-bond acceptors (Lipinski definition) is 8. The van der Waals surface area contributed by atoms with E-state index >= 15 is 0 Å². The average Bonchev–Trinajstić information content (AvgIpc) is 3.23. The number of nitrogens with zero attached hydrogens (tertiary/aromatic N) is 3. The minimum Gasteiger partial charge on any atom is -0.494 e. The normalized spacial score (nSPS) is 13.9. The summed E-state index contributed by atoms with van der Waals surface area (Å²) in [6.45, 7) is 3.02. The molecule has 1 aliphatic heterocycles. The van der Waals surface area contributed by atoms with Crippen molar-refractivity contribution < 1.29 is 23.5 Å².